The van der Waals surface area contributed by atoms with Gasteiger partial charge >= 0.3 is 12.0 Å². The number of unbranched alkanes of at least 4 members (excludes halogenated alkanes) is 1. The number of primary amides is 1. The van der Waals surface area contributed by atoms with E-state index in [1.807, 2.05) is 32.0 Å². The number of rotatable bonds is 18. The number of anilines is 2. The molecule has 15 nitrogen and oxygen atoms in total. The summed E-state index contributed by atoms with van der Waals surface area (Å²) < 4.78 is 0. The van der Waals surface area contributed by atoms with Crippen molar-refractivity contribution in [2.75, 3.05) is 17.2 Å². The van der Waals surface area contributed by atoms with Gasteiger partial charge in [0.05, 0.1) is 12.8 Å². The highest BCUT2D eigenvalue weighted by Gasteiger charge is 2.34. The number of carbonyl (C=O) groups is 7. The van der Waals surface area contributed by atoms with E-state index >= 15 is 0 Å². The van der Waals surface area contributed by atoms with Crippen LogP contribution >= 0.6 is 0 Å². The van der Waals surface area contributed by atoms with Gasteiger partial charge in [0.1, 0.15) is 18.1 Å². The molecule has 2 aromatic rings. The van der Waals surface area contributed by atoms with Crippen molar-refractivity contribution in [2.45, 2.75) is 103 Å². The molecule has 1 aliphatic heterocycles. The van der Waals surface area contributed by atoms with E-state index in [4.69, 9.17) is 5.73 Å². The van der Waals surface area contributed by atoms with Gasteiger partial charge < -0.3 is 42.3 Å². The second-order valence-corrected chi connectivity index (χ2v) is 12.7. The topological polar surface area (TPSA) is 229 Å². The van der Waals surface area contributed by atoms with Crippen LogP contribution in [0.4, 0.5) is 16.2 Å². The molecule has 1 unspecified atom stereocenters. The molecule has 0 radical (unpaired) electrons. The number of hydrogen-bond donors (Lipinski definition) is 7. The van der Waals surface area contributed by atoms with E-state index in [2.05, 4.69) is 26.6 Å². The van der Waals surface area contributed by atoms with E-state index in [0.717, 1.165) is 5.56 Å². The van der Waals surface area contributed by atoms with Crippen LogP contribution in [0, 0.1) is 6.92 Å². The van der Waals surface area contributed by atoms with Crippen LogP contribution in [0.15, 0.2) is 48.5 Å². The maximum atomic E-state index is 13.4. The molecule has 51 heavy (non-hydrogen) atoms. The highest BCUT2D eigenvalue weighted by molar-refractivity contribution is 6.00. The van der Waals surface area contributed by atoms with Crippen molar-refractivity contribution >= 4 is 52.9 Å². The molecule has 15 heteroatoms. The molecule has 3 rings (SSSR count). The molecule has 0 spiro atoms. The van der Waals surface area contributed by atoms with Crippen molar-refractivity contribution in [3.8, 4) is 0 Å². The Labute approximate surface area is 297 Å². The number of nitrogens with two attached hydrogens (primary N) is 1. The van der Waals surface area contributed by atoms with Crippen LogP contribution in [0.5, 0.6) is 0 Å². The minimum absolute atomic E-state index is 0.0789. The third-order valence-corrected chi connectivity index (χ3v) is 8.64. The van der Waals surface area contributed by atoms with E-state index in [-0.39, 0.29) is 25.2 Å². The second kappa shape index (κ2) is 19.6. The molecule has 8 N–H and O–H groups in total. The summed E-state index contributed by atoms with van der Waals surface area (Å²) in [6.45, 7) is 5.90. The van der Waals surface area contributed by atoms with E-state index < -0.39 is 66.2 Å². The summed E-state index contributed by atoms with van der Waals surface area (Å²) in [7, 11) is 0. The number of benzene rings is 2. The highest BCUT2D eigenvalue weighted by atomic mass is 16.4. The lowest BCUT2D eigenvalue weighted by Crippen LogP contribution is -2.56. The standard InChI is InChI=1S/C36H49N7O8/c1-4-6-11-27(40-30(44)19-23-14-16-25(17-15-23)39-36(51)42-26-12-8-7-10-22(26)3)34(49)41-28(21-32(46)47)35(50)38-24(5-2)20-31(45)43-18-9-13-29(43)33(37)48/h7-8,10,12,14-17,24,27-29H,4-6,9,11,13,18-21H2,1-3H3,(H2,37,48)(H,38,50)(H,40,44)(H,41,49)(H,46,47)(H2,39,42,51)/t24?,27-,28-,29-/m0/s1. The van der Waals surface area contributed by atoms with Crippen LogP contribution < -0.4 is 32.3 Å². The third kappa shape index (κ3) is 12.7. The Morgan fingerprint density at radius 2 is 1.57 bits per heavy atom. The van der Waals surface area contributed by atoms with E-state index in [1.165, 1.54) is 4.90 Å². The van der Waals surface area contributed by atoms with Gasteiger partial charge in [0.2, 0.25) is 29.5 Å². The Morgan fingerprint density at radius 1 is 0.882 bits per heavy atom. The molecule has 4 atom stereocenters. The van der Waals surface area contributed by atoms with Gasteiger partial charge in [0.15, 0.2) is 0 Å². The largest absolute Gasteiger partial charge is 0.481 e. The number of carboxylic acids is 1. The van der Waals surface area contributed by atoms with Crippen molar-refractivity contribution in [2.24, 2.45) is 5.73 Å². The van der Waals surface area contributed by atoms with Crippen LogP contribution in [0.1, 0.15) is 76.3 Å². The van der Waals surface area contributed by atoms with Crippen LogP contribution in [0.2, 0.25) is 0 Å². The number of amides is 7. The summed E-state index contributed by atoms with van der Waals surface area (Å²) in [4.78, 5) is 89.9. The number of carboxylic acid groups (broad SMARTS) is 1. The fourth-order valence-corrected chi connectivity index (χ4v) is 5.76. The quantitative estimate of drug-likeness (QED) is 0.122. The number of hydrogen-bond acceptors (Lipinski definition) is 7. The average molecular weight is 708 g/mol. The average Bonchev–Trinajstić information content (AvgIpc) is 3.58. The van der Waals surface area contributed by atoms with Crippen LogP contribution in [0.25, 0.3) is 0 Å². The number of urea groups is 1. The molecular weight excluding hydrogens is 658 g/mol. The summed E-state index contributed by atoms with van der Waals surface area (Å²) in [5.41, 5.74) is 8.14. The Morgan fingerprint density at radius 3 is 2.20 bits per heavy atom. The van der Waals surface area contributed by atoms with Crippen molar-refractivity contribution in [3.05, 3.63) is 59.7 Å². The lowest BCUT2D eigenvalue weighted by atomic mass is 10.1. The van der Waals surface area contributed by atoms with Gasteiger partial charge in [0, 0.05) is 30.4 Å². The maximum Gasteiger partial charge on any atom is 0.323 e. The number of aryl methyl sites for hydroxylation is 1. The third-order valence-electron chi connectivity index (χ3n) is 8.64. The number of nitrogens with one attached hydrogen (secondary N) is 5. The van der Waals surface area contributed by atoms with E-state index in [1.54, 1.807) is 37.3 Å². The van der Waals surface area contributed by atoms with Crippen LogP contribution in [0.3, 0.4) is 0 Å². The minimum Gasteiger partial charge on any atom is -0.481 e. The number of nitrogens with zero attached hydrogens (tertiary/aromatic N) is 1. The lowest BCUT2D eigenvalue weighted by molar-refractivity contribution is -0.141. The Hall–Kier alpha value is -5.47. The van der Waals surface area contributed by atoms with Crippen molar-refractivity contribution < 1.29 is 38.7 Å². The first kappa shape index (κ1) is 40.0. The summed E-state index contributed by atoms with van der Waals surface area (Å²) in [5.74, 6) is -4.27. The van der Waals surface area contributed by atoms with Gasteiger partial charge in [-0.25, -0.2) is 4.79 Å². The number of aliphatic carboxylic acids is 1. The number of para-hydroxylation sites is 1. The molecule has 0 saturated carbocycles. The Bertz CT molecular complexity index is 1560. The van der Waals surface area contributed by atoms with Crippen molar-refractivity contribution in [1.29, 1.82) is 0 Å². The first-order valence-corrected chi connectivity index (χ1v) is 17.2. The van der Waals surface area contributed by atoms with Gasteiger partial charge in [-0.15, -0.1) is 0 Å². The first-order valence-electron chi connectivity index (χ1n) is 17.2. The van der Waals surface area contributed by atoms with E-state index in [9.17, 15) is 38.7 Å². The van der Waals surface area contributed by atoms with Crippen LogP contribution in [-0.4, -0.2) is 82.3 Å². The summed E-state index contributed by atoms with van der Waals surface area (Å²) >= 11 is 0. The molecule has 1 fully saturated rings. The fraction of sp³-hybridized carbons (Fsp3) is 0.472. The first-order chi connectivity index (χ1) is 24.3. The SMILES string of the molecule is CCCC[C@H](NC(=O)Cc1ccc(NC(=O)Nc2ccccc2C)cc1)C(=O)N[C@@H](CC(=O)O)C(=O)NC(CC)CC(=O)N1CCC[C@H]1C(N)=O. The zero-order valence-electron chi connectivity index (χ0n) is 29.3. The predicted molar refractivity (Wildman–Crippen MR) is 190 cm³/mol. The molecule has 1 saturated heterocycles. The van der Waals surface area contributed by atoms with Gasteiger partial charge in [-0.1, -0.05) is 57.0 Å². The molecular formula is C36H49N7O8. The van der Waals surface area contributed by atoms with Gasteiger partial charge in [0.25, 0.3) is 0 Å². The molecule has 1 heterocycles. The summed E-state index contributed by atoms with van der Waals surface area (Å²) in [6, 6.07) is 9.65. The molecule has 276 valence electrons. The lowest BCUT2D eigenvalue weighted by Gasteiger charge is -2.27. The molecule has 0 aromatic heterocycles. The van der Waals surface area contributed by atoms with Crippen LogP contribution in [-0.2, 0) is 35.2 Å². The molecule has 7 amide bonds. The summed E-state index contributed by atoms with van der Waals surface area (Å²) in [6.07, 6.45) is 2.01. The van der Waals surface area contributed by atoms with Gasteiger partial charge in [-0.2, -0.15) is 0 Å². The smallest absolute Gasteiger partial charge is 0.323 e. The molecule has 1 aliphatic rings. The maximum absolute atomic E-state index is 13.4. The monoisotopic (exact) mass is 707 g/mol. The molecule has 0 bridgehead atoms. The van der Waals surface area contributed by atoms with Crippen molar-refractivity contribution in [3.63, 3.8) is 0 Å². The van der Waals surface area contributed by atoms with Gasteiger partial charge in [-0.05, 0) is 61.9 Å². The minimum atomic E-state index is -1.48. The Kier molecular flexibility index (Phi) is 15.4. The molecule has 0 aliphatic carbocycles. The normalized spacial score (nSPS) is 15.5. The fourth-order valence-electron chi connectivity index (χ4n) is 5.76. The Balaban J connectivity index is 1.59. The highest BCUT2D eigenvalue weighted by Crippen LogP contribution is 2.19. The second-order valence-electron chi connectivity index (χ2n) is 12.7. The predicted octanol–water partition coefficient (Wildman–Crippen LogP) is 2.58. The zero-order chi connectivity index (χ0) is 37.5. The number of carbonyl (C=O) groups excluding carboxylic acids is 6. The van der Waals surface area contributed by atoms with Crippen molar-refractivity contribution in [1.82, 2.24) is 20.9 Å². The summed E-state index contributed by atoms with van der Waals surface area (Å²) in [5, 5.41) is 22.9. The number of likely N-dealkylation sites (tertiary alicyclic amines) is 1. The zero-order valence-corrected chi connectivity index (χ0v) is 29.3. The van der Waals surface area contributed by atoms with E-state index in [0.29, 0.717) is 55.6 Å². The molecule has 2 aromatic carbocycles. The van der Waals surface area contributed by atoms with Gasteiger partial charge in [-0.3, -0.25) is 28.8 Å².